The van der Waals surface area contributed by atoms with Crippen LogP contribution in [-0.2, 0) is 11.2 Å². The van der Waals surface area contributed by atoms with Crippen molar-refractivity contribution in [3.63, 3.8) is 0 Å². The summed E-state index contributed by atoms with van der Waals surface area (Å²) in [5.41, 5.74) is 4.59. The van der Waals surface area contributed by atoms with Crippen LogP contribution in [0, 0.1) is 5.92 Å². The number of benzene rings is 3. The third-order valence-electron chi connectivity index (χ3n) is 6.14. The number of rotatable bonds is 8. The van der Waals surface area contributed by atoms with Crippen LogP contribution in [0.15, 0.2) is 78.9 Å². The summed E-state index contributed by atoms with van der Waals surface area (Å²) in [4.78, 5) is 17.2. The summed E-state index contributed by atoms with van der Waals surface area (Å²) in [6, 6.07) is 26.9. The summed E-state index contributed by atoms with van der Waals surface area (Å²) >= 11 is 0. The second kappa shape index (κ2) is 9.25. The molecule has 0 unspecified atom stereocenters. The van der Waals surface area contributed by atoms with E-state index in [1.165, 1.54) is 11.1 Å². The van der Waals surface area contributed by atoms with Crippen LogP contribution < -0.4 is 14.5 Å². The van der Waals surface area contributed by atoms with Crippen LogP contribution >= 0.6 is 0 Å². The molecule has 4 rings (SSSR count). The lowest BCUT2D eigenvalue weighted by atomic mass is 9.78. The molecule has 1 aliphatic heterocycles. The first-order valence-electron chi connectivity index (χ1n) is 10.9. The molecule has 1 saturated heterocycles. The van der Waals surface area contributed by atoms with Crippen molar-refractivity contribution in [2.24, 2.45) is 5.92 Å². The lowest BCUT2D eigenvalue weighted by Gasteiger charge is -2.48. The van der Waals surface area contributed by atoms with E-state index in [0.29, 0.717) is 0 Å². The van der Waals surface area contributed by atoms with Gasteiger partial charge in [-0.15, -0.1) is 0 Å². The predicted octanol–water partition coefficient (Wildman–Crippen LogP) is 5.49. The highest BCUT2D eigenvalue weighted by Crippen LogP contribution is 2.46. The van der Waals surface area contributed by atoms with E-state index >= 15 is 0 Å². The van der Waals surface area contributed by atoms with Gasteiger partial charge in [0.2, 0.25) is 5.91 Å². The van der Waals surface area contributed by atoms with Gasteiger partial charge >= 0.3 is 0 Å². The first kappa shape index (κ1) is 21.0. The molecule has 1 aliphatic rings. The van der Waals surface area contributed by atoms with E-state index in [1.54, 1.807) is 7.11 Å². The average molecular weight is 415 g/mol. The quantitative estimate of drug-likeness (QED) is 0.457. The SMILES string of the molecule is COc1ccc(N2C(=O)[C@H](CCCc3ccccc3)[C@H]2c2ccc(N(C)C)cc2)cc1. The van der Waals surface area contributed by atoms with E-state index in [0.717, 1.165) is 36.4 Å². The summed E-state index contributed by atoms with van der Waals surface area (Å²) < 4.78 is 5.28. The number of methoxy groups -OCH3 is 1. The van der Waals surface area contributed by atoms with Crippen LogP contribution in [0.5, 0.6) is 5.75 Å². The van der Waals surface area contributed by atoms with E-state index < -0.39 is 0 Å². The van der Waals surface area contributed by atoms with Crippen LogP contribution in [0.4, 0.5) is 11.4 Å². The molecular formula is C27H30N2O2. The summed E-state index contributed by atoms with van der Waals surface area (Å²) in [7, 11) is 5.73. The second-order valence-corrected chi connectivity index (χ2v) is 8.32. The maximum atomic E-state index is 13.2. The zero-order valence-corrected chi connectivity index (χ0v) is 18.5. The third kappa shape index (κ3) is 4.43. The number of amides is 1. The van der Waals surface area contributed by atoms with Crippen LogP contribution in [0.1, 0.15) is 30.0 Å². The summed E-state index contributed by atoms with van der Waals surface area (Å²) in [6.45, 7) is 0. The molecule has 0 N–H and O–H groups in total. The molecule has 1 fully saturated rings. The van der Waals surface area contributed by atoms with Crippen molar-refractivity contribution in [2.75, 3.05) is 31.0 Å². The van der Waals surface area contributed by atoms with Crippen LogP contribution in [-0.4, -0.2) is 27.1 Å². The van der Waals surface area contributed by atoms with E-state index in [-0.39, 0.29) is 17.9 Å². The highest BCUT2D eigenvalue weighted by Gasteiger charge is 2.48. The Morgan fingerprint density at radius 2 is 1.58 bits per heavy atom. The van der Waals surface area contributed by atoms with Crippen molar-refractivity contribution in [3.8, 4) is 5.75 Å². The fourth-order valence-electron chi connectivity index (χ4n) is 4.38. The lowest BCUT2D eigenvalue weighted by molar-refractivity contribution is -0.130. The van der Waals surface area contributed by atoms with Gasteiger partial charge in [-0.3, -0.25) is 4.79 Å². The molecule has 160 valence electrons. The standard InChI is InChI=1S/C27H30N2O2/c1-28(2)22-14-12-21(13-15-22)26-25(11-7-10-20-8-5-4-6-9-20)27(30)29(26)23-16-18-24(31-3)19-17-23/h4-6,8-9,12-19,25-26H,7,10-11H2,1-3H3/t25-,26-/m1/s1. The molecule has 3 aromatic carbocycles. The first-order valence-corrected chi connectivity index (χ1v) is 10.9. The van der Waals surface area contributed by atoms with Gasteiger partial charge in [-0.1, -0.05) is 42.5 Å². The molecule has 1 amide bonds. The maximum absolute atomic E-state index is 13.2. The Kier molecular flexibility index (Phi) is 6.26. The second-order valence-electron chi connectivity index (χ2n) is 8.32. The van der Waals surface area contributed by atoms with Gasteiger partial charge in [-0.25, -0.2) is 0 Å². The van der Waals surface area contributed by atoms with Crippen molar-refractivity contribution < 1.29 is 9.53 Å². The number of ether oxygens (including phenoxy) is 1. The molecule has 31 heavy (non-hydrogen) atoms. The number of hydrogen-bond donors (Lipinski definition) is 0. The maximum Gasteiger partial charge on any atom is 0.233 e. The topological polar surface area (TPSA) is 32.8 Å². The summed E-state index contributed by atoms with van der Waals surface area (Å²) in [5.74, 6) is 1.01. The smallest absolute Gasteiger partial charge is 0.233 e. The number of carbonyl (C=O) groups excluding carboxylic acids is 1. The third-order valence-corrected chi connectivity index (χ3v) is 6.14. The highest BCUT2D eigenvalue weighted by atomic mass is 16.5. The van der Waals surface area contributed by atoms with Crippen molar-refractivity contribution in [3.05, 3.63) is 90.0 Å². The number of nitrogens with zero attached hydrogens (tertiary/aromatic N) is 2. The molecule has 0 spiro atoms. The molecule has 0 aromatic heterocycles. The van der Waals surface area contributed by atoms with Crippen molar-refractivity contribution in [1.82, 2.24) is 0 Å². The van der Waals surface area contributed by atoms with E-state index in [1.807, 2.05) is 49.3 Å². The van der Waals surface area contributed by atoms with E-state index in [9.17, 15) is 4.79 Å². The van der Waals surface area contributed by atoms with Crippen molar-refractivity contribution in [1.29, 1.82) is 0 Å². The number of β-lactam (4-membered cyclic amide) rings is 1. The Labute approximate surface area is 185 Å². The fourth-order valence-corrected chi connectivity index (χ4v) is 4.38. The van der Waals surface area contributed by atoms with Crippen molar-refractivity contribution in [2.45, 2.75) is 25.3 Å². The average Bonchev–Trinajstić information content (AvgIpc) is 2.81. The number of hydrogen-bond acceptors (Lipinski definition) is 3. The number of aryl methyl sites for hydroxylation is 1. The Balaban J connectivity index is 1.55. The monoisotopic (exact) mass is 414 g/mol. The lowest BCUT2D eigenvalue weighted by Crippen LogP contribution is -2.55. The van der Waals surface area contributed by atoms with Gasteiger partial charge in [0.25, 0.3) is 0 Å². The first-order chi connectivity index (χ1) is 15.1. The molecular weight excluding hydrogens is 384 g/mol. The fraction of sp³-hybridized carbons (Fsp3) is 0.296. The summed E-state index contributed by atoms with van der Waals surface area (Å²) in [5, 5.41) is 0. The van der Waals surface area contributed by atoms with Crippen LogP contribution in [0.25, 0.3) is 0 Å². The van der Waals surface area contributed by atoms with Gasteiger partial charge in [0, 0.05) is 25.5 Å². The van der Waals surface area contributed by atoms with Gasteiger partial charge in [0.1, 0.15) is 5.75 Å². The molecule has 0 saturated carbocycles. The van der Waals surface area contributed by atoms with Gasteiger partial charge in [-0.2, -0.15) is 0 Å². The highest BCUT2D eigenvalue weighted by molar-refractivity contribution is 6.03. The minimum atomic E-state index is 0.0102. The molecule has 0 aliphatic carbocycles. The van der Waals surface area contributed by atoms with Crippen LogP contribution in [0.3, 0.4) is 0 Å². The largest absolute Gasteiger partial charge is 0.497 e. The molecule has 1 heterocycles. The molecule has 4 nitrogen and oxygen atoms in total. The molecule has 2 atom stereocenters. The Morgan fingerprint density at radius 3 is 2.19 bits per heavy atom. The Hall–Kier alpha value is -3.27. The molecule has 4 heteroatoms. The zero-order valence-electron chi connectivity index (χ0n) is 18.5. The Morgan fingerprint density at radius 1 is 0.903 bits per heavy atom. The van der Waals surface area contributed by atoms with Gasteiger partial charge in [0.15, 0.2) is 0 Å². The molecule has 0 radical (unpaired) electrons. The van der Waals surface area contributed by atoms with E-state index in [2.05, 4.69) is 53.4 Å². The minimum absolute atomic E-state index is 0.0102. The number of anilines is 2. The van der Waals surface area contributed by atoms with Crippen molar-refractivity contribution >= 4 is 17.3 Å². The normalized spacial score (nSPS) is 17.9. The predicted molar refractivity (Wildman–Crippen MR) is 127 cm³/mol. The number of carbonyl (C=O) groups is 1. The van der Waals surface area contributed by atoms with Gasteiger partial charge in [-0.05, 0) is 66.8 Å². The zero-order chi connectivity index (χ0) is 21.8. The minimum Gasteiger partial charge on any atom is -0.497 e. The molecule has 0 bridgehead atoms. The van der Waals surface area contributed by atoms with E-state index in [4.69, 9.17) is 4.74 Å². The summed E-state index contributed by atoms with van der Waals surface area (Å²) in [6.07, 6.45) is 2.89. The Bertz CT molecular complexity index is 998. The van der Waals surface area contributed by atoms with Gasteiger partial charge < -0.3 is 14.5 Å². The molecule has 3 aromatic rings. The van der Waals surface area contributed by atoms with Crippen LogP contribution in [0.2, 0.25) is 0 Å². The van der Waals surface area contributed by atoms with Gasteiger partial charge in [0.05, 0.1) is 19.1 Å².